The average Bonchev–Trinajstić information content (AvgIpc) is 2.70. The molecular formula is C14H22N2O3S. The number of hydrogen-bond acceptors (Lipinski definition) is 3. The molecule has 1 atom stereocenters. The normalized spacial score (nSPS) is 12.2. The Morgan fingerprint density at radius 1 is 1.40 bits per heavy atom. The molecule has 1 rings (SSSR count). The molecule has 0 spiro atoms. The third-order valence-corrected chi connectivity index (χ3v) is 4.28. The molecule has 6 heteroatoms. The summed E-state index contributed by atoms with van der Waals surface area (Å²) in [6, 6.07) is 0.152. The van der Waals surface area contributed by atoms with E-state index in [4.69, 9.17) is 5.11 Å². The lowest BCUT2D eigenvalue weighted by atomic mass is 10.1. The Hall–Kier alpha value is -1.43. The van der Waals surface area contributed by atoms with Gasteiger partial charge in [0.2, 0.25) is 0 Å². The van der Waals surface area contributed by atoms with Gasteiger partial charge in [-0.2, -0.15) is 11.8 Å². The number of aryl methyl sites for hydroxylation is 1. The molecule has 0 bridgehead atoms. The van der Waals surface area contributed by atoms with E-state index in [1.165, 1.54) is 0 Å². The molecule has 2 N–H and O–H groups in total. The molecule has 1 unspecified atom stereocenters. The second-order valence-corrected chi connectivity index (χ2v) is 5.77. The number of carboxylic acid groups (broad SMARTS) is 1. The van der Waals surface area contributed by atoms with Gasteiger partial charge in [-0.15, -0.1) is 0 Å². The van der Waals surface area contributed by atoms with E-state index in [0.717, 1.165) is 12.2 Å². The summed E-state index contributed by atoms with van der Waals surface area (Å²) in [4.78, 5) is 28.2. The number of rotatable bonds is 6. The lowest BCUT2D eigenvalue weighted by molar-refractivity contribution is 0.0690. The molecule has 0 saturated heterocycles. The van der Waals surface area contributed by atoms with Crippen molar-refractivity contribution in [3.05, 3.63) is 22.5 Å². The molecule has 0 aliphatic rings. The maximum Gasteiger partial charge on any atom is 0.352 e. The highest BCUT2D eigenvalue weighted by Crippen LogP contribution is 2.21. The van der Waals surface area contributed by atoms with Crippen molar-refractivity contribution >= 4 is 23.6 Å². The standard InChI is InChI=1S/C14H22N2O3S/c1-6-10(7-20-5)16(4)13(17)11-8(2)12(14(18)19)15-9(11)3/h10,15H,6-7H2,1-5H3,(H,18,19). The zero-order valence-electron chi connectivity index (χ0n) is 12.6. The number of carbonyl (C=O) groups excluding carboxylic acids is 1. The minimum absolute atomic E-state index is 0.0946. The summed E-state index contributed by atoms with van der Waals surface area (Å²) in [5.74, 6) is -0.291. The number of hydrogen-bond donors (Lipinski definition) is 2. The number of nitrogens with one attached hydrogen (secondary N) is 1. The van der Waals surface area contributed by atoms with Crippen LogP contribution < -0.4 is 0 Å². The fourth-order valence-corrected chi connectivity index (χ4v) is 3.17. The van der Waals surface area contributed by atoms with Gasteiger partial charge in [-0.3, -0.25) is 4.79 Å². The lowest BCUT2D eigenvalue weighted by Crippen LogP contribution is -2.38. The number of carbonyl (C=O) groups is 2. The zero-order valence-corrected chi connectivity index (χ0v) is 13.4. The molecule has 112 valence electrons. The van der Waals surface area contributed by atoms with E-state index in [1.54, 1.807) is 37.6 Å². The molecule has 0 aliphatic heterocycles. The van der Waals surface area contributed by atoms with Crippen molar-refractivity contribution in [1.82, 2.24) is 9.88 Å². The molecule has 0 fully saturated rings. The van der Waals surface area contributed by atoms with Crippen LogP contribution in [0.15, 0.2) is 0 Å². The van der Waals surface area contributed by atoms with Crippen LogP contribution in [0.2, 0.25) is 0 Å². The van der Waals surface area contributed by atoms with Gasteiger partial charge in [-0.05, 0) is 32.1 Å². The molecular weight excluding hydrogens is 276 g/mol. The monoisotopic (exact) mass is 298 g/mol. The third kappa shape index (κ3) is 3.17. The number of H-pyrrole nitrogens is 1. The summed E-state index contributed by atoms with van der Waals surface area (Å²) in [5.41, 5.74) is 1.68. The van der Waals surface area contributed by atoms with E-state index in [-0.39, 0.29) is 17.6 Å². The fourth-order valence-electron chi connectivity index (χ4n) is 2.32. The molecule has 1 amide bonds. The van der Waals surface area contributed by atoms with Gasteiger partial charge in [0.1, 0.15) is 5.69 Å². The first kappa shape index (κ1) is 16.6. The topological polar surface area (TPSA) is 73.4 Å². The third-order valence-electron chi connectivity index (χ3n) is 3.56. The highest BCUT2D eigenvalue weighted by molar-refractivity contribution is 7.98. The van der Waals surface area contributed by atoms with Gasteiger partial charge in [0.25, 0.3) is 5.91 Å². The summed E-state index contributed by atoms with van der Waals surface area (Å²) in [5, 5.41) is 9.10. The van der Waals surface area contributed by atoms with Crippen molar-refractivity contribution in [1.29, 1.82) is 0 Å². The van der Waals surface area contributed by atoms with Gasteiger partial charge in [-0.25, -0.2) is 4.79 Å². The number of aromatic carboxylic acids is 1. The van der Waals surface area contributed by atoms with E-state index in [1.807, 2.05) is 13.2 Å². The molecule has 1 aromatic rings. The average molecular weight is 298 g/mol. The van der Waals surface area contributed by atoms with Crippen LogP contribution in [0.4, 0.5) is 0 Å². The highest BCUT2D eigenvalue weighted by Gasteiger charge is 2.26. The van der Waals surface area contributed by atoms with Crippen LogP contribution in [0, 0.1) is 13.8 Å². The van der Waals surface area contributed by atoms with E-state index < -0.39 is 5.97 Å². The summed E-state index contributed by atoms with van der Waals surface area (Å²) in [7, 11) is 1.78. The molecule has 1 aromatic heterocycles. The van der Waals surface area contributed by atoms with Crippen molar-refractivity contribution in [2.75, 3.05) is 19.1 Å². The summed E-state index contributed by atoms with van der Waals surface area (Å²) < 4.78 is 0. The number of aromatic nitrogens is 1. The van der Waals surface area contributed by atoms with E-state index in [2.05, 4.69) is 4.98 Å². The number of thioether (sulfide) groups is 1. The van der Waals surface area contributed by atoms with E-state index in [9.17, 15) is 9.59 Å². The Bertz CT molecular complexity index is 511. The van der Waals surface area contributed by atoms with Crippen LogP contribution in [0.1, 0.15) is 45.4 Å². The molecule has 1 heterocycles. The van der Waals surface area contributed by atoms with Gasteiger partial charge >= 0.3 is 5.97 Å². The summed E-state index contributed by atoms with van der Waals surface area (Å²) >= 11 is 1.70. The Morgan fingerprint density at radius 2 is 2.00 bits per heavy atom. The molecule has 5 nitrogen and oxygen atoms in total. The van der Waals surface area contributed by atoms with E-state index >= 15 is 0 Å². The zero-order chi connectivity index (χ0) is 15.4. The number of carboxylic acids is 1. The lowest BCUT2D eigenvalue weighted by Gasteiger charge is -2.27. The Balaban J connectivity index is 3.11. The van der Waals surface area contributed by atoms with Crippen LogP contribution in [0.25, 0.3) is 0 Å². The first-order chi connectivity index (χ1) is 9.34. The molecule has 0 aliphatic carbocycles. The van der Waals surface area contributed by atoms with Crippen LogP contribution in [0.5, 0.6) is 0 Å². The minimum Gasteiger partial charge on any atom is -0.477 e. The van der Waals surface area contributed by atoms with Gasteiger partial charge in [0.05, 0.1) is 5.56 Å². The van der Waals surface area contributed by atoms with Crippen LogP contribution in [-0.2, 0) is 0 Å². The first-order valence-corrected chi connectivity index (χ1v) is 7.93. The van der Waals surface area contributed by atoms with Gasteiger partial charge in [0, 0.05) is 24.5 Å². The quantitative estimate of drug-likeness (QED) is 0.846. The van der Waals surface area contributed by atoms with Gasteiger partial charge < -0.3 is 15.0 Å². The molecule has 0 saturated carbocycles. The second-order valence-electron chi connectivity index (χ2n) is 4.86. The number of nitrogens with zero attached hydrogens (tertiary/aromatic N) is 1. The van der Waals surface area contributed by atoms with E-state index in [0.29, 0.717) is 16.8 Å². The Morgan fingerprint density at radius 3 is 2.40 bits per heavy atom. The van der Waals surface area contributed by atoms with Gasteiger partial charge in [-0.1, -0.05) is 6.92 Å². The minimum atomic E-state index is -1.04. The van der Waals surface area contributed by atoms with Crippen molar-refractivity contribution in [2.24, 2.45) is 0 Å². The smallest absolute Gasteiger partial charge is 0.352 e. The maximum atomic E-state index is 12.6. The van der Waals surface area contributed by atoms with Crippen molar-refractivity contribution < 1.29 is 14.7 Å². The highest BCUT2D eigenvalue weighted by atomic mass is 32.2. The second kappa shape index (κ2) is 6.83. The molecule has 0 radical (unpaired) electrons. The van der Waals surface area contributed by atoms with Crippen molar-refractivity contribution in [2.45, 2.75) is 33.2 Å². The maximum absolute atomic E-state index is 12.6. The van der Waals surface area contributed by atoms with Crippen LogP contribution >= 0.6 is 11.8 Å². The largest absolute Gasteiger partial charge is 0.477 e. The molecule has 0 aromatic carbocycles. The fraction of sp³-hybridized carbons (Fsp3) is 0.571. The predicted octanol–water partition coefficient (Wildman–Crippen LogP) is 2.54. The Kier molecular flexibility index (Phi) is 5.68. The SMILES string of the molecule is CCC(CSC)N(C)C(=O)c1c(C)[nH]c(C(=O)O)c1C. The summed E-state index contributed by atoms with van der Waals surface area (Å²) in [6.07, 6.45) is 2.88. The van der Waals surface area contributed by atoms with Gasteiger partial charge in [0.15, 0.2) is 0 Å². The first-order valence-electron chi connectivity index (χ1n) is 6.53. The molecule has 20 heavy (non-hydrogen) atoms. The number of aromatic amines is 1. The Labute approximate surface area is 123 Å². The van der Waals surface area contributed by atoms with Crippen LogP contribution in [-0.4, -0.2) is 52.0 Å². The summed E-state index contributed by atoms with van der Waals surface area (Å²) in [6.45, 7) is 5.45. The number of amides is 1. The van der Waals surface area contributed by atoms with Crippen LogP contribution in [0.3, 0.4) is 0 Å². The van der Waals surface area contributed by atoms with Crippen molar-refractivity contribution in [3.8, 4) is 0 Å². The van der Waals surface area contributed by atoms with Crippen molar-refractivity contribution in [3.63, 3.8) is 0 Å². The predicted molar refractivity (Wildman–Crippen MR) is 81.8 cm³/mol.